The van der Waals surface area contributed by atoms with Crippen molar-refractivity contribution in [2.45, 2.75) is 20.0 Å². The molecule has 3 nitrogen and oxygen atoms in total. The highest BCUT2D eigenvalue weighted by atomic mass is 79.9. The van der Waals surface area contributed by atoms with Crippen LogP contribution in [0.5, 0.6) is 5.75 Å². The maximum Gasteiger partial charge on any atom is 0.175 e. The summed E-state index contributed by atoms with van der Waals surface area (Å²) in [7, 11) is 1.61. The van der Waals surface area contributed by atoms with Crippen LogP contribution >= 0.6 is 15.9 Å². The van der Waals surface area contributed by atoms with Crippen molar-refractivity contribution in [1.82, 2.24) is 0 Å². The van der Waals surface area contributed by atoms with Gasteiger partial charge in [-0.3, -0.25) is 0 Å². The lowest BCUT2D eigenvalue weighted by Crippen LogP contribution is -2.05. The van der Waals surface area contributed by atoms with E-state index in [-0.39, 0.29) is 0 Å². The monoisotopic (exact) mass is 310 g/mol. The van der Waals surface area contributed by atoms with Crippen LogP contribution in [0.25, 0.3) is 0 Å². The van der Waals surface area contributed by atoms with Crippen molar-refractivity contribution < 1.29 is 14.3 Å². The standard InChI is InChI=1S/C14H15BrO3/c1-8-6-9(2)12(11(7-8)17-3)13(16)10-4-5-18-14(10)15/h4-7,13,16H,1-3H3. The number of halogens is 1. The molecule has 0 saturated heterocycles. The topological polar surface area (TPSA) is 42.6 Å². The van der Waals surface area contributed by atoms with Gasteiger partial charge in [-0.25, -0.2) is 0 Å². The summed E-state index contributed by atoms with van der Waals surface area (Å²) in [5, 5.41) is 10.5. The predicted molar refractivity (Wildman–Crippen MR) is 72.9 cm³/mol. The number of hydrogen-bond acceptors (Lipinski definition) is 3. The first kappa shape index (κ1) is 13.2. The average Bonchev–Trinajstić information content (AvgIpc) is 2.73. The molecule has 1 aromatic carbocycles. The Morgan fingerprint density at radius 3 is 2.61 bits per heavy atom. The minimum Gasteiger partial charge on any atom is -0.496 e. The number of ether oxygens (including phenoxy) is 1. The number of aliphatic hydroxyl groups is 1. The molecule has 0 amide bonds. The first-order valence-corrected chi connectivity index (χ1v) is 6.40. The molecular formula is C14H15BrO3. The molecule has 0 fully saturated rings. The fourth-order valence-electron chi connectivity index (χ4n) is 2.11. The second kappa shape index (κ2) is 5.16. The zero-order valence-electron chi connectivity index (χ0n) is 10.5. The van der Waals surface area contributed by atoms with E-state index in [0.29, 0.717) is 16.0 Å². The molecule has 2 aromatic rings. The van der Waals surface area contributed by atoms with Crippen LogP contribution in [0.15, 0.2) is 33.5 Å². The van der Waals surface area contributed by atoms with Crippen LogP contribution in [0.3, 0.4) is 0 Å². The van der Waals surface area contributed by atoms with E-state index in [1.165, 1.54) is 0 Å². The second-order valence-corrected chi connectivity index (χ2v) is 4.97. The van der Waals surface area contributed by atoms with Crippen LogP contribution in [0.1, 0.15) is 28.4 Å². The molecule has 0 radical (unpaired) electrons. The summed E-state index contributed by atoms with van der Waals surface area (Å²) in [4.78, 5) is 0. The molecule has 1 aromatic heterocycles. The van der Waals surface area contributed by atoms with Crippen molar-refractivity contribution in [2.24, 2.45) is 0 Å². The zero-order chi connectivity index (χ0) is 13.3. The predicted octanol–water partition coefficient (Wildman–Crippen LogP) is 3.75. The summed E-state index contributed by atoms with van der Waals surface area (Å²) in [5.74, 6) is 0.688. The maximum absolute atomic E-state index is 10.5. The van der Waals surface area contributed by atoms with Gasteiger partial charge < -0.3 is 14.3 Å². The van der Waals surface area contributed by atoms with Gasteiger partial charge in [-0.15, -0.1) is 0 Å². The third-order valence-corrected chi connectivity index (χ3v) is 3.57. The Morgan fingerprint density at radius 2 is 2.06 bits per heavy atom. The fraction of sp³-hybridized carbons (Fsp3) is 0.286. The SMILES string of the molecule is COc1cc(C)cc(C)c1C(O)c1ccoc1Br. The smallest absolute Gasteiger partial charge is 0.175 e. The van der Waals surface area contributed by atoms with Gasteiger partial charge in [0, 0.05) is 11.1 Å². The summed E-state index contributed by atoms with van der Waals surface area (Å²) < 4.78 is 11.1. The molecule has 0 saturated carbocycles. The molecule has 0 spiro atoms. The van der Waals surface area contributed by atoms with Gasteiger partial charge in [-0.1, -0.05) is 6.07 Å². The van der Waals surface area contributed by atoms with E-state index in [9.17, 15) is 5.11 Å². The molecule has 1 N–H and O–H groups in total. The zero-order valence-corrected chi connectivity index (χ0v) is 12.1. The van der Waals surface area contributed by atoms with Gasteiger partial charge in [0.1, 0.15) is 11.9 Å². The third kappa shape index (κ3) is 2.31. The number of furan rings is 1. The minimum atomic E-state index is -0.770. The third-order valence-electron chi connectivity index (χ3n) is 2.93. The Kier molecular flexibility index (Phi) is 3.78. The fourth-order valence-corrected chi connectivity index (χ4v) is 2.57. The Hall–Kier alpha value is -1.26. The summed E-state index contributed by atoms with van der Waals surface area (Å²) in [6.07, 6.45) is 0.771. The highest BCUT2D eigenvalue weighted by Crippen LogP contribution is 2.36. The van der Waals surface area contributed by atoms with Gasteiger partial charge in [0.25, 0.3) is 0 Å². The first-order chi connectivity index (χ1) is 8.54. The van der Waals surface area contributed by atoms with Crippen LogP contribution in [0.2, 0.25) is 0 Å². The minimum absolute atomic E-state index is 0.539. The molecule has 0 aliphatic carbocycles. The number of methoxy groups -OCH3 is 1. The van der Waals surface area contributed by atoms with E-state index in [1.54, 1.807) is 19.4 Å². The average molecular weight is 311 g/mol. The van der Waals surface area contributed by atoms with Crippen LogP contribution < -0.4 is 4.74 Å². The summed E-state index contributed by atoms with van der Waals surface area (Å²) in [6.45, 7) is 3.96. The first-order valence-electron chi connectivity index (χ1n) is 5.60. The lowest BCUT2D eigenvalue weighted by Gasteiger charge is -2.17. The summed E-state index contributed by atoms with van der Waals surface area (Å²) >= 11 is 3.28. The molecule has 18 heavy (non-hydrogen) atoms. The van der Waals surface area contributed by atoms with Crippen LogP contribution in [0, 0.1) is 13.8 Å². The molecule has 1 heterocycles. The summed E-state index contributed by atoms with van der Waals surface area (Å²) in [5.41, 5.74) is 3.56. The molecule has 0 bridgehead atoms. The quantitative estimate of drug-likeness (QED) is 0.939. The summed E-state index contributed by atoms with van der Waals surface area (Å²) in [6, 6.07) is 5.68. The number of benzene rings is 1. The van der Waals surface area contributed by atoms with Crippen molar-refractivity contribution in [3.8, 4) is 5.75 Å². The van der Waals surface area contributed by atoms with Crippen molar-refractivity contribution in [3.05, 3.63) is 51.4 Å². The molecule has 4 heteroatoms. The lowest BCUT2D eigenvalue weighted by atomic mass is 9.96. The van der Waals surface area contributed by atoms with Gasteiger partial charge >= 0.3 is 0 Å². The Balaban J connectivity index is 2.54. The van der Waals surface area contributed by atoms with E-state index in [2.05, 4.69) is 15.9 Å². The van der Waals surface area contributed by atoms with Crippen molar-refractivity contribution in [2.75, 3.05) is 7.11 Å². The molecule has 0 aliphatic heterocycles. The van der Waals surface area contributed by atoms with Crippen LogP contribution in [-0.2, 0) is 0 Å². The van der Waals surface area contributed by atoms with Crippen molar-refractivity contribution in [3.63, 3.8) is 0 Å². The molecular weight excluding hydrogens is 296 g/mol. The van der Waals surface area contributed by atoms with E-state index >= 15 is 0 Å². The van der Waals surface area contributed by atoms with E-state index in [0.717, 1.165) is 16.7 Å². The normalized spacial score (nSPS) is 12.5. The number of rotatable bonds is 3. The van der Waals surface area contributed by atoms with E-state index < -0.39 is 6.10 Å². The van der Waals surface area contributed by atoms with Crippen LogP contribution in [-0.4, -0.2) is 12.2 Å². The van der Waals surface area contributed by atoms with E-state index in [1.807, 2.05) is 26.0 Å². The highest BCUT2D eigenvalue weighted by molar-refractivity contribution is 9.10. The van der Waals surface area contributed by atoms with Crippen molar-refractivity contribution >= 4 is 15.9 Å². The molecule has 1 unspecified atom stereocenters. The van der Waals surface area contributed by atoms with Crippen molar-refractivity contribution in [1.29, 1.82) is 0 Å². The maximum atomic E-state index is 10.5. The Morgan fingerprint density at radius 1 is 1.33 bits per heavy atom. The highest BCUT2D eigenvalue weighted by Gasteiger charge is 2.21. The van der Waals surface area contributed by atoms with Crippen LogP contribution in [0.4, 0.5) is 0 Å². The number of hydrogen-bond donors (Lipinski definition) is 1. The second-order valence-electron chi connectivity index (χ2n) is 4.25. The van der Waals surface area contributed by atoms with Gasteiger partial charge in [0.05, 0.1) is 13.4 Å². The number of aryl methyl sites for hydroxylation is 2. The molecule has 1 atom stereocenters. The lowest BCUT2D eigenvalue weighted by molar-refractivity contribution is 0.211. The van der Waals surface area contributed by atoms with Gasteiger partial charge in [0.15, 0.2) is 4.67 Å². The molecule has 96 valence electrons. The molecule has 0 aliphatic rings. The Labute approximate surface area is 115 Å². The van der Waals surface area contributed by atoms with Gasteiger partial charge in [-0.05, 0) is 53.0 Å². The Bertz CT molecular complexity index is 560. The van der Waals surface area contributed by atoms with Gasteiger partial charge in [0.2, 0.25) is 0 Å². The van der Waals surface area contributed by atoms with Gasteiger partial charge in [-0.2, -0.15) is 0 Å². The largest absolute Gasteiger partial charge is 0.496 e. The number of aliphatic hydroxyl groups excluding tert-OH is 1. The molecule has 2 rings (SSSR count). The van der Waals surface area contributed by atoms with E-state index in [4.69, 9.17) is 9.15 Å².